The first-order chi connectivity index (χ1) is 9.41. The van der Waals surface area contributed by atoms with E-state index >= 15 is 0 Å². The lowest BCUT2D eigenvalue weighted by atomic mass is 9.92. The van der Waals surface area contributed by atoms with Gasteiger partial charge in [-0.25, -0.2) is 0 Å². The predicted molar refractivity (Wildman–Crippen MR) is 80.0 cm³/mol. The van der Waals surface area contributed by atoms with E-state index in [9.17, 15) is 4.79 Å². The van der Waals surface area contributed by atoms with Crippen LogP contribution >= 0.6 is 0 Å². The molecule has 0 aromatic heterocycles. The molecular formula is C16H25NO3. The topological polar surface area (TPSA) is 47.6 Å². The van der Waals surface area contributed by atoms with Gasteiger partial charge >= 0.3 is 5.97 Å². The zero-order valence-corrected chi connectivity index (χ0v) is 13.0. The van der Waals surface area contributed by atoms with E-state index in [1.165, 1.54) is 12.7 Å². The van der Waals surface area contributed by atoms with Crippen LogP contribution in [0.15, 0.2) is 24.3 Å². The summed E-state index contributed by atoms with van der Waals surface area (Å²) >= 11 is 0. The Bertz CT molecular complexity index is 428. The van der Waals surface area contributed by atoms with Crippen LogP contribution in [-0.2, 0) is 16.0 Å². The van der Waals surface area contributed by atoms with Gasteiger partial charge in [-0.3, -0.25) is 10.1 Å². The molecule has 1 N–H and O–H groups in total. The van der Waals surface area contributed by atoms with E-state index in [0.29, 0.717) is 6.42 Å². The Morgan fingerprint density at radius 2 is 1.85 bits per heavy atom. The zero-order valence-electron chi connectivity index (χ0n) is 13.0. The second-order valence-electron chi connectivity index (χ2n) is 5.47. The molecule has 0 saturated heterocycles. The molecule has 1 aromatic rings. The van der Waals surface area contributed by atoms with Crippen molar-refractivity contribution in [3.8, 4) is 5.75 Å². The van der Waals surface area contributed by atoms with Gasteiger partial charge in [-0.15, -0.1) is 0 Å². The molecule has 0 amide bonds. The van der Waals surface area contributed by atoms with Gasteiger partial charge in [-0.2, -0.15) is 0 Å². The summed E-state index contributed by atoms with van der Waals surface area (Å²) in [6, 6.07) is 8.12. The SMILES string of the molecule is COC(=O)C(C)(CCc1ccc(OC)cc1)NC(C)C. The summed E-state index contributed by atoms with van der Waals surface area (Å²) in [4.78, 5) is 12.0. The van der Waals surface area contributed by atoms with Crippen molar-refractivity contribution in [3.05, 3.63) is 29.8 Å². The highest BCUT2D eigenvalue weighted by Crippen LogP contribution is 2.19. The first-order valence-corrected chi connectivity index (χ1v) is 6.90. The highest BCUT2D eigenvalue weighted by atomic mass is 16.5. The molecule has 0 aliphatic carbocycles. The van der Waals surface area contributed by atoms with E-state index in [4.69, 9.17) is 9.47 Å². The van der Waals surface area contributed by atoms with Crippen LogP contribution in [0.2, 0.25) is 0 Å². The van der Waals surface area contributed by atoms with Crippen LogP contribution in [0, 0.1) is 0 Å². The summed E-state index contributed by atoms with van der Waals surface area (Å²) in [5, 5.41) is 3.30. The third-order valence-corrected chi connectivity index (χ3v) is 3.32. The molecule has 1 rings (SSSR count). The van der Waals surface area contributed by atoms with Crippen molar-refractivity contribution in [2.45, 2.75) is 45.2 Å². The lowest BCUT2D eigenvalue weighted by Crippen LogP contribution is -2.53. The molecule has 0 aliphatic rings. The Morgan fingerprint density at radius 1 is 1.25 bits per heavy atom. The highest BCUT2D eigenvalue weighted by Gasteiger charge is 2.34. The van der Waals surface area contributed by atoms with Crippen LogP contribution in [0.5, 0.6) is 5.75 Å². The minimum absolute atomic E-state index is 0.218. The van der Waals surface area contributed by atoms with Gasteiger partial charge in [0.25, 0.3) is 0 Å². The third kappa shape index (κ3) is 4.53. The molecule has 0 heterocycles. The van der Waals surface area contributed by atoms with E-state index in [1.807, 2.05) is 45.0 Å². The number of ether oxygens (including phenoxy) is 2. The zero-order chi connectivity index (χ0) is 15.2. The van der Waals surface area contributed by atoms with Gasteiger partial charge in [0.2, 0.25) is 0 Å². The van der Waals surface area contributed by atoms with E-state index in [1.54, 1.807) is 7.11 Å². The Kier molecular flexibility index (Phi) is 6.02. The number of carbonyl (C=O) groups is 1. The van der Waals surface area contributed by atoms with Crippen molar-refractivity contribution >= 4 is 5.97 Å². The monoisotopic (exact) mass is 279 g/mol. The van der Waals surface area contributed by atoms with Crippen molar-refractivity contribution in [1.29, 1.82) is 0 Å². The van der Waals surface area contributed by atoms with Crippen molar-refractivity contribution in [1.82, 2.24) is 5.32 Å². The molecular weight excluding hydrogens is 254 g/mol. The van der Waals surface area contributed by atoms with E-state index in [-0.39, 0.29) is 12.0 Å². The Labute approximate surface area is 121 Å². The number of hydrogen-bond donors (Lipinski definition) is 1. The third-order valence-electron chi connectivity index (χ3n) is 3.32. The molecule has 1 atom stereocenters. The van der Waals surface area contributed by atoms with Crippen LogP contribution in [0.1, 0.15) is 32.8 Å². The fraction of sp³-hybridized carbons (Fsp3) is 0.562. The minimum atomic E-state index is -0.664. The molecule has 112 valence electrons. The van der Waals surface area contributed by atoms with Crippen molar-refractivity contribution in [3.63, 3.8) is 0 Å². The number of esters is 1. The summed E-state index contributed by atoms with van der Waals surface area (Å²) in [7, 11) is 3.08. The maximum atomic E-state index is 12.0. The number of methoxy groups -OCH3 is 2. The number of rotatable bonds is 7. The van der Waals surface area contributed by atoms with Crippen molar-refractivity contribution in [2.24, 2.45) is 0 Å². The second kappa shape index (κ2) is 7.29. The standard InChI is InChI=1S/C16H25NO3/c1-12(2)17-16(3,15(18)20-5)11-10-13-6-8-14(19-4)9-7-13/h6-9,12,17H,10-11H2,1-5H3. The average molecular weight is 279 g/mol. The molecule has 4 nitrogen and oxygen atoms in total. The second-order valence-corrected chi connectivity index (χ2v) is 5.47. The number of benzene rings is 1. The number of hydrogen-bond acceptors (Lipinski definition) is 4. The van der Waals surface area contributed by atoms with Crippen LogP contribution in [0.4, 0.5) is 0 Å². The first kappa shape index (κ1) is 16.5. The number of carbonyl (C=O) groups excluding carboxylic acids is 1. The normalized spacial score (nSPS) is 13.9. The van der Waals surface area contributed by atoms with Crippen molar-refractivity contribution < 1.29 is 14.3 Å². The summed E-state index contributed by atoms with van der Waals surface area (Å²) in [6.07, 6.45) is 1.49. The van der Waals surface area contributed by atoms with Gasteiger partial charge < -0.3 is 9.47 Å². The van der Waals surface area contributed by atoms with Crippen LogP contribution in [0.3, 0.4) is 0 Å². The molecule has 4 heteroatoms. The lowest BCUT2D eigenvalue weighted by Gasteiger charge is -2.30. The Morgan fingerprint density at radius 3 is 2.30 bits per heavy atom. The summed E-state index contributed by atoms with van der Waals surface area (Å²) < 4.78 is 10.1. The van der Waals surface area contributed by atoms with Gasteiger partial charge in [0.15, 0.2) is 0 Å². The van der Waals surface area contributed by atoms with Crippen LogP contribution in [-0.4, -0.2) is 31.8 Å². The van der Waals surface area contributed by atoms with Crippen molar-refractivity contribution in [2.75, 3.05) is 14.2 Å². The molecule has 0 fully saturated rings. The molecule has 20 heavy (non-hydrogen) atoms. The fourth-order valence-electron chi connectivity index (χ4n) is 2.28. The smallest absolute Gasteiger partial charge is 0.325 e. The summed E-state index contributed by atoms with van der Waals surface area (Å²) in [6.45, 7) is 5.94. The minimum Gasteiger partial charge on any atom is -0.497 e. The molecule has 1 unspecified atom stereocenters. The van der Waals surface area contributed by atoms with Crippen LogP contribution < -0.4 is 10.1 Å². The Hall–Kier alpha value is -1.55. The molecule has 0 saturated carbocycles. The Balaban J connectivity index is 2.72. The number of nitrogens with one attached hydrogen (secondary N) is 1. The van der Waals surface area contributed by atoms with E-state index in [2.05, 4.69) is 5.32 Å². The predicted octanol–water partition coefficient (Wildman–Crippen LogP) is 2.56. The fourth-order valence-corrected chi connectivity index (χ4v) is 2.28. The number of aryl methyl sites for hydroxylation is 1. The molecule has 0 spiro atoms. The molecule has 0 bridgehead atoms. The molecule has 0 radical (unpaired) electrons. The van der Waals surface area contributed by atoms with E-state index < -0.39 is 5.54 Å². The molecule has 1 aromatic carbocycles. The average Bonchev–Trinajstić information content (AvgIpc) is 2.44. The quantitative estimate of drug-likeness (QED) is 0.779. The van der Waals surface area contributed by atoms with Gasteiger partial charge in [0.1, 0.15) is 11.3 Å². The van der Waals surface area contributed by atoms with Gasteiger partial charge in [-0.1, -0.05) is 12.1 Å². The molecule has 0 aliphatic heterocycles. The largest absolute Gasteiger partial charge is 0.497 e. The van der Waals surface area contributed by atoms with Gasteiger partial charge in [0.05, 0.1) is 14.2 Å². The lowest BCUT2D eigenvalue weighted by molar-refractivity contribution is -0.148. The van der Waals surface area contributed by atoms with Gasteiger partial charge in [0, 0.05) is 6.04 Å². The van der Waals surface area contributed by atoms with Gasteiger partial charge in [-0.05, 0) is 51.3 Å². The maximum Gasteiger partial charge on any atom is 0.325 e. The van der Waals surface area contributed by atoms with Crippen LogP contribution in [0.25, 0.3) is 0 Å². The summed E-state index contributed by atoms with van der Waals surface area (Å²) in [5.41, 5.74) is 0.509. The first-order valence-electron chi connectivity index (χ1n) is 6.90. The maximum absolute atomic E-state index is 12.0. The van der Waals surface area contributed by atoms with E-state index in [0.717, 1.165) is 12.2 Å². The highest BCUT2D eigenvalue weighted by molar-refractivity contribution is 5.80. The summed E-state index contributed by atoms with van der Waals surface area (Å²) in [5.74, 6) is 0.615.